The Kier molecular flexibility index (Phi) is 5.92. The van der Waals surface area contributed by atoms with Gasteiger partial charge < -0.3 is 15.7 Å². The number of thiophene rings is 1. The van der Waals surface area contributed by atoms with Crippen LogP contribution in [0, 0.1) is 0 Å². The van der Waals surface area contributed by atoms with E-state index in [9.17, 15) is 14.4 Å². The van der Waals surface area contributed by atoms with E-state index in [-0.39, 0.29) is 18.5 Å². The number of rotatable bonds is 6. The van der Waals surface area contributed by atoms with E-state index in [4.69, 9.17) is 5.11 Å². The molecule has 1 heterocycles. The molecule has 1 aromatic rings. The monoisotopic (exact) mass is 296 g/mol. The van der Waals surface area contributed by atoms with Crippen LogP contribution in [0.25, 0.3) is 6.08 Å². The minimum atomic E-state index is -1.08. The van der Waals surface area contributed by atoms with Crippen LogP contribution in [0.2, 0.25) is 0 Å². The average molecular weight is 296 g/mol. The zero-order valence-corrected chi connectivity index (χ0v) is 12.0. The standard InChI is InChI=1S/C13H16N2O4S/c1-8(2)15-10(16)7-14-13(19)12-9(5-6-20-12)3-4-11(17)18/h3-6,8H,7H2,1-2H3,(H,14,19)(H,15,16)(H,17,18). The smallest absolute Gasteiger partial charge is 0.328 e. The van der Waals surface area contributed by atoms with Gasteiger partial charge in [-0.1, -0.05) is 0 Å². The van der Waals surface area contributed by atoms with E-state index < -0.39 is 11.9 Å². The van der Waals surface area contributed by atoms with E-state index in [1.807, 2.05) is 13.8 Å². The molecule has 0 atom stereocenters. The summed E-state index contributed by atoms with van der Waals surface area (Å²) in [6.07, 6.45) is 2.31. The van der Waals surface area contributed by atoms with E-state index in [2.05, 4.69) is 10.6 Å². The Morgan fingerprint density at radius 1 is 1.40 bits per heavy atom. The maximum Gasteiger partial charge on any atom is 0.328 e. The number of carbonyl (C=O) groups is 3. The number of nitrogens with one attached hydrogen (secondary N) is 2. The molecule has 0 fully saturated rings. The quantitative estimate of drug-likeness (QED) is 0.685. The van der Waals surface area contributed by atoms with Gasteiger partial charge in [-0.3, -0.25) is 9.59 Å². The summed E-state index contributed by atoms with van der Waals surface area (Å²) in [5.74, 6) is -1.75. The highest BCUT2D eigenvalue weighted by atomic mass is 32.1. The van der Waals surface area contributed by atoms with Gasteiger partial charge in [0, 0.05) is 12.1 Å². The molecule has 0 aromatic carbocycles. The number of hydrogen-bond acceptors (Lipinski definition) is 4. The molecule has 1 rings (SSSR count). The van der Waals surface area contributed by atoms with Gasteiger partial charge in [-0.05, 0) is 36.9 Å². The molecule has 3 N–H and O–H groups in total. The Bertz CT molecular complexity index is 534. The Morgan fingerprint density at radius 3 is 2.70 bits per heavy atom. The molecule has 0 aliphatic carbocycles. The largest absolute Gasteiger partial charge is 0.478 e. The first-order chi connectivity index (χ1) is 9.40. The van der Waals surface area contributed by atoms with Gasteiger partial charge in [-0.15, -0.1) is 11.3 Å². The second-order valence-corrected chi connectivity index (χ2v) is 5.20. The lowest BCUT2D eigenvalue weighted by Crippen LogP contribution is -2.39. The first-order valence-corrected chi connectivity index (χ1v) is 6.84. The fourth-order valence-corrected chi connectivity index (χ4v) is 2.21. The predicted octanol–water partition coefficient (Wildman–Crippen LogP) is 1.10. The second kappa shape index (κ2) is 7.44. The zero-order valence-electron chi connectivity index (χ0n) is 11.2. The van der Waals surface area contributed by atoms with Crippen LogP contribution >= 0.6 is 11.3 Å². The fraction of sp³-hybridized carbons (Fsp3) is 0.308. The van der Waals surface area contributed by atoms with Crippen molar-refractivity contribution in [3.05, 3.63) is 28.0 Å². The van der Waals surface area contributed by atoms with Crippen LogP contribution < -0.4 is 10.6 Å². The summed E-state index contributed by atoms with van der Waals surface area (Å²) in [5, 5.41) is 15.4. The van der Waals surface area contributed by atoms with Gasteiger partial charge in [0.25, 0.3) is 5.91 Å². The highest BCUT2D eigenvalue weighted by Gasteiger charge is 2.13. The summed E-state index contributed by atoms with van der Waals surface area (Å²) >= 11 is 1.19. The molecule has 0 bridgehead atoms. The predicted molar refractivity (Wildman–Crippen MR) is 76.6 cm³/mol. The van der Waals surface area contributed by atoms with Crippen molar-refractivity contribution in [1.82, 2.24) is 10.6 Å². The van der Waals surface area contributed by atoms with Crippen molar-refractivity contribution >= 4 is 35.2 Å². The summed E-state index contributed by atoms with van der Waals surface area (Å²) < 4.78 is 0. The number of carboxylic acid groups (broad SMARTS) is 1. The van der Waals surface area contributed by atoms with Gasteiger partial charge in [0.1, 0.15) is 0 Å². The molecule has 0 radical (unpaired) electrons. The molecular weight excluding hydrogens is 280 g/mol. The lowest BCUT2D eigenvalue weighted by molar-refractivity contribution is -0.131. The molecule has 108 valence electrons. The Morgan fingerprint density at radius 2 is 2.10 bits per heavy atom. The number of amides is 2. The molecule has 20 heavy (non-hydrogen) atoms. The lowest BCUT2D eigenvalue weighted by atomic mass is 10.2. The van der Waals surface area contributed by atoms with Crippen molar-refractivity contribution in [3.63, 3.8) is 0 Å². The maximum atomic E-state index is 11.9. The van der Waals surface area contributed by atoms with Crippen LogP contribution in [0.15, 0.2) is 17.5 Å². The van der Waals surface area contributed by atoms with Crippen molar-refractivity contribution in [2.24, 2.45) is 0 Å². The fourth-order valence-electron chi connectivity index (χ4n) is 1.41. The van der Waals surface area contributed by atoms with E-state index in [1.54, 1.807) is 11.4 Å². The Labute approximate surface area is 120 Å². The highest BCUT2D eigenvalue weighted by molar-refractivity contribution is 7.12. The Balaban J connectivity index is 2.62. The van der Waals surface area contributed by atoms with Crippen molar-refractivity contribution in [2.75, 3.05) is 6.54 Å². The third kappa shape index (κ3) is 5.23. The number of carbonyl (C=O) groups excluding carboxylic acids is 2. The van der Waals surface area contributed by atoms with Crippen molar-refractivity contribution in [2.45, 2.75) is 19.9 Å². The zero-order chi connectivity index (χ0) is 15.1. The third-order valence-electron chi connectivity index (χ3n) is 2.17. The van der Waals surface area contributed by atoms with Gasteiger partial charge in [-0.2, -0.15) is 0 Å². The maximum absolute atomic E-state index is 11.9. The van der Waals surface area contributed by atoms with Crippen LogP contribution in [0.4, 0.5) is 0 Å². The van der Waals surface area contributed by atoms with Crippen molar-refractivity contribution in [3.8, 4) is 0 Å². The summed E-state index contributed by atoms with van der Waals surface area (Å²) in [7, 11) is 0. The molecule has 0 unspecified atom stereocenters. The van der Waals surface area contributed by atoms with Crippen LogP contribution in [0.1, 0.15) is 29.1 Å². The number of aliphatic carboxylic acids is 1. The van der Waals surface area contributed by atoms with Crippen LogP contribution in [-0.4, -0.2) is 35.5 Å². The van der Waals surface area contributed by atoms with Crippen LogP contribution in [0.3, 0.4) is 0 Å². The first kappa shape index (κ1) is 15.9. The van der Waals surface area contributed by atoms with E-state index >= 15 is 0 Å². The van der Waals surface area contributed by atoms with E-state index in [1.165, 1.54) is 17.4 Å². The molecule has 0 spiro atoms. The highest BCUT2D eigenvalue weighted by Crippen LogP contribution is 2.18. The Hall–Kier alpha value is -2.15. The molecule has 7 heteroatoms. The summed E-state index contributed by atoms with van der Waals surface area (Å²) in [6, 6.07) is 1.66. The first-order valence-electron chi connectivity index (χ1n) is 5.96. The minimum Gasteiger partial charge on any atom is -0.478 e. The topological polar surface area (TPSA) is 95.5 Å². The average Bonchev–Trinajstić information content (AvgIpc) is 2.81. The second-order valence-electron chi connectivity index (χ2n) is 4.28. The van der Waals surface area contributed by atoms with Crippen LogP contribution in [-0.2, 0) is 9.59 Å². The molecule has 0 aliphatic rings. The van der Waals surface area contributed by atoms with Gasteiger partial charge in [0.05, 0.1) is 11.4 Å². The van der Waals surface area contributed by atoms with E-state index in [0.29, 0.717) is 10.4 Å². The molecule has 1 aromatic heterocycles. The van der Waals surface area contributed by atoms with Crippen LogP contribution in [0.5, 0.6) is 0 Å². The minimum absolute atomic E-state index is 0.00945. The normalized spacial score (nSPS) is 10.8. The SMILES string of the molecule is CC(C)NC(=O)CNC(=O)c1sccc1C=CC(=O)O. The van der Waals surface area contributed by atoms with Gasteiger partial charge >= 0.3 is 5.97 Å². The lowest BCUT2D eigenvalue weighted by Gasteiger charge is -2.09. The van der Waals surface area contributed by atoms with E-state index in [0.717, 1.165) is 6.08 Å². The molecule has 0 saturated heterocycles. The van der Waals surface area contributed by atoms with Gasteiger partial charge in [-0.25, -0.2) is 4.79 Å². The molecule has 0 saturated carbocycles. The molecule has 0 aliphatic heterocycles. The summed E-state index contributed by atoms with van der Waals surface area (Å²) in [5.41, 5.74) is 0.513. The van der Waals surface area contributed by atoms with Gasteiger partial charge in [0.15, 0.2) is 0 Å². The molecular formula is C13H16N2O4S. The summed E-state index contributed by atoms with van der Waals surface area (Å²) in [4.78, 5) is 34.1. The van der Waals surface area contributed by atoms with Crippen molar-refractivity contribution in [1.29, 1.82) is 0 Å². The summed E-state index contributed by atoms with van der Waals surface area (Å²) in [6.45, 7) is 3.54. The van der Waals surface area contributed by atoms with Crippen molar-refractivity contribution < 1.29 is 19.5 Å². The third-order valence-corrected chi connectivity index (χ3v) is 3.10. The molecule has 6 nitrogen and oxygen atoms in total. The molecule has 2 amide bonds. The number of carboxylic acids is 1. The van der Waals surface area contributed by atoms with Gasteiger partial charge in [0.2, 0.25) is 5.91 Å². The number of hydrogen-bond donors (Lipinski definition) is 3.